The van der Waals surface area contributed by atoms with Gasteiger partial charge in [-0.05, 0) is 37.0 Å². The van der Waals surface area contributed by atoms with Gasteiger partial charge in [-0.1, -0.05) is 19.8 Å². The van der Waals surface area contributed by atoms with Gasteiger partial charge >= 0.3 is 0 Å². The standard InChI is InChI=1S/C15H21FN2O/c1-10-4-3-5-12(8-10)18-13-6-7-14(16)15(9-13)17-11(2)19/h6-7,9-10,12,18H,3-5,8H2,1-2H3,(H,17,19). The molecule has 1 aliphatic rings. The third-order valence-corrected chi connectivity index (χ3v) is 3.58. The highest BCUT2D eigenvalue weighted by atomic mass is 19.1. The number of rotatable bonds is 3. The van der Waals surface area contributed by atoms with Crippen LogP contribution in [0.2, 0.25) is 0 Å². The monoisotopic (exact) mass is 264 g/mol. The third kappa shape index (κ3) is 3.94. The van der Waals surface area contributed by atoms with Crippen LogP contribution in [0.25, 0.3) is 0 Å². The van der Waals surface area contributed by atoms with Gasteiger partial charge in [0.05, 0.1) is 5.69 Å². The normalized spacial score (nSPS) is 22.9. The average Bonchev–Trinajstić information content (AvgIpc) is 2.33. The van der Waals surface area contributed by atoms with Gasteiger partial charge in [0, 0.05) is 18.7 Å². The molecule has 2 unspecified atom stereocenters. The number of amides is 1. The Morgan fingerprint density at radius 2 is 2.16 bits per heavy atom. The molecule has 0 heterocycles. The number of nitrogens with one attached hydrogen (secondary N) is 2. The lowest BCUT2D eigenvalue weighted by Gasteiger charge is -2.28. The molecular formula is C15H21FN2O. The van der Waals surface area contributed by atoms with Crippen molar-refractivity contribution in [2.75, 3.05) is 10.6 Å². The van der Waals surface area contributed by atoms with Crippen molar-refractivity contribution in [3.63, 3.8) is 0 Å². The van der Waals surface area contributed by atoms with Crippen molar-refractivity contribution in [1.29, 1.82) is 0 Å². The summed E-state index contributed by atoms with van der Waals surface area (Å²) in [6.45, 7) is 3.64. The molecule has 0 aliphatic heterocycles. The maximum atomic E-state index is 13.5. The lowest BCUT2D eigenvalue weighted by molar-refractivity contribution is -0.114. The largest absolute Gasteiger partial charge is 0.382 e. The van der Waals surface area contributed by atoms with Crippen LogP contribution in [0.15, 0.2) is 18.2 Å². The fourth-order valence-corrected chi connectivity index (χ4v) is 2.70. The Bertz CT molecular complexity index is 461. The van der Waals surface area contributed by atoms with Gasteiger partial charge < -0.3 is 10.6 Å². The van der Waals surface area contributed by atoms with Crippen molar-refractivity contribution >= 4 is 17.3 Å². The topological polar surface area (TPSA) is 41.1 Å². The molecule has 2 rings (SSSR count). The highest BCUT2D eigenvalue weighted by Gasteiger charge is 2.18. The Morgan fingerprint density at radius 3 is 2.84 bits per heavy atom. The van der Waals surface area contributed by atoms with Crippen LogP contribution in [0.1, 0.15) is 39.5 Å². The summed E-state index contributed by atoms with van der Waals surface area (Å²) in [6.07, 6.45) is 4.82. The average molecular weight is 264 g/mol. The van der Waals surface area contributed by atoms with E-state index in [1.807, 2.05) is 0 Å². The summed E-state index contributed by atoms with van der Waals surface area (Å²) in [6, 6.07) is 5.22. The molecule has 0 saturated heterocycles. The molecule has 0 spiro atoms. The lowest BCUT2D eigenvalue weighted by atomic mass is 9.87. The van der Waals surface area contributed by atoms with Crippen molar-refractivity contribution in [2.24, 2.45) is 5.92 Å². The Hall–Kier alpha value is -1.58. The summed E-state index contributed by atoms with van der Waals surface area (Å²) in [5.41, 5.74) is 1.10. The smallest absolute Gasteiger partial charge is 0.221 e. The molecule has 0 bridgehead atoms. The first-order valence-corrected chi connectivity index (χ1v) is 6.88. The van der Waals surface area contributed by atoms with Crippen LogP contribution in [0.5, 0.6) is 0 Å². The Morgan fingerprint density at radius 1 is 1.37 bits per heavy atom. The second-order valence-electron chi connectivity index (χ2n) is 5.49. The van der Waals surface area contributed by atoms with Gasteiger partial charge in [0.15, 0.2) is 0 Å². The summed E-state index contributed by atoms with van der Waals surface area (Å²) in [7, 11) is 0. The predicted molar refractivity (Wildman–Crippen MR) is 75.7 cm³/mol. The fraction of sp³-hybridized carbons (Fsp3) is 0.533. The third-order valence-electron chi connectivity index (χ3n) is 3.58. The molecule has 4 heteroatoms. The van der Waals surface area contributed by atoms with Crippen molar-refractivity contribution < 1.29 is 9.18 Å². The SMILES string of the molecule is CC(=O)Nc1cc(NC2CCCC(C)C2)ccc1F. The van der Waals surface area contributed by atoms with Crippen LogP contribution in [0.3, 0.4) is 0 Å². The van der Waals surface area contributed by atoms with Crippen molar-refractivity contribution in [3.8, 4) is 0 Å². The maximum absolute atomic E-state index is 13.5. The molecular weight excluding hydrogens is 243 g/mol. The summed E-state index contributed by atoms with van der Waals surface area (Å²) in [4.78, 5) is 11.0. The second-order valence-corrected chi connectivity index (χ2v) is 5.49. The van der Waals surface area contributed by atoms with Crippen LogP contribution in [0.4, 0.5) is 15.8 Å². The summed E-state index contributed by atoms with van der Waals surface area (Å²) >= 11 is 0. The minimum absolute atomic E-state index is 0.237. The summed E-state index contributed by atoms with van der Waals surface area (Å²) < 4.78 is 13.5. The first kappa shape index (κ1) is 13.8. The van der Waals surface area contributed by atoms with E-state index in [0.29, 0.717) is 6.04 Å². The van der Waals surface area contributed by atoms with Crippen molar-refractivity contribution in [2.45, 2.75) is 45.6 Å². The van der Waals surface area contributed by atoms with Crippen molar-refractivity contribution in [1.82, 2.24) is 0 Å². The number of carbonyl (C=O) groups is 1. The summed E-state index contributed by atoms with van der Waals surface area (Å²) in [5, 5.41) is 5.94. The lowest BCUT2D eigenvalue weighted by Crippen LogP contribution is -2.26. The van der Waals surface area contributed by atoms with E-state index in [1.165, 1.54) is 25.8 Å². The van der Waals surface area contributed by atoms with Crippen LogP contribution in [-0.2, 0) is 4.79 Å². The van der Waals surface area contributed by atoms with Crippen LogP contribution < -0.4 is 10.6 Å². The molecule has 1 aromatic carbocycles. The van der Waals surface area contributed by atoms with E-state index in [-0.39, 0.29) is 11.6 Å². The molecule has 19 heavy (non-hydrogen) atoms. The number of carbonyl (C=O) groups excluding carboxylic acids is 1. The molecule has 2 N–H and O–H groups in total. The first-order valence-electron chi connectivity index (χ1n) is 6.88. The van der Waals surface area contributed by atoms with E-state index in [4.69, 9.17) is 0 Å². The highest BCUT2D eigenvalue weighted by Crippen LogP contribution is 2.27. The number of anilines is 2. The fourth-order valence-electron chi connectivity index (χ4n) is 2.70. The van der Waals surface area contributed by atoms with Crippen molar-refractivity contribution in [3.05, 3.63) is 24.0 Å². The molecule has 0 aromatic heterocycles. The molecule has 1 aromatic rings. The van der Waals surface area contributed by atoms with Gasteiger partial charge in [-0.25, -0.2) is 4.39 Å². The number of benzene rings is 1. The molecule has 2 atom stereocenters. The van der Waals surface area contributed by atoms with Gasteiger partial charge in [0.1, 0.15) is 5.82 Å². The van der Waals surface area contributed by atoms with Gasteiger partial charge in [-0.15, -0.1) is 0 Å². The van der Waals surface area contributed by atoms with E-state index < -0.39 is 5.82 Å². The molecule has 1 saturated carbocycles. The van der Waals surface area contributed by atoms with E-state index in [1.54, 1.807) is 12.1 Å². The molecule has 104 valence electrons. The predicted octanol–water partition coefficient (Wildman–Crippen LogP) is 3.77. The van der Waals surface area contributed by atoms with Gasteiger partial charge in [0.2, 0.25) is 5.91 Å². The quantitative estimate of drug-likeness (QED) is 0.872. The van der Waals surface area contributed by atoms with Gasteiger partial charge in [-0.3, -0.25) is 4.79 Å². The molecule has 1 amide bonds. The molecule has 0 radical (unpaired) electrons. The van der Waals surface area contributed by atoms with Crippen LogP contribution in [-0.4, -0.2) is 11.9 Å². The van der Waals surface area contributed by atoms with E-state index in [0.717, 1.165) is 24.4 Å². The summed E-state index contributed by atoms with van der Waals surface area (Å²) in [5.74, 6) is 0.0709. The molecule has 1 fully saturated rings. The zero-order chi connectivity index (χ0) is 13.8. The maximum Gasteiger partial charge on any atom is 0.221 e. The minimum Gasteiger partial charge on any atom is -0.382 e. The first-order chi connectivity index (χ1) is 9.04. The highest BCUT2D eigenvalue weighted by molar-refractivity contribution is 5.89. The number of hydrogen-bond acceptors (Lipinski definition) is 2. The van der Waals surface area contributed by atoms with Gasteiger partial charge in [-0.2, -0.15) is 0 Å². The number of hydrogen-bond donors (Lipinski definition) is 2. The van der Waals surface area contributed by atoms with E-state index in [9.17, 15) is 9.18 Å². The van der Waals surface area contributed by atoms with Gasteiger partial charge in [0.25, 0.3) is 0 Å². The zero-order valence-corrected chi connectivity index (χ0v) is 11.5. The molecule has 3 nitrogen and oxygen atoms in total. The van der Waals surface area contributed by atoms with Crippen LogP contribution in [0, 0.1) is 11.7 Å². The molecule has 1 aliphatic carbocycles. The Labute approximate surface area is 113 Å². The van der Waals surface area contributed by atoms with Crippen LogP contribution >= 0.6 is 0 Å². The second kappa shape index (κ2) is 6.04. The number of halogens is 1. The zero-order valence-electron chi connectivity index (χ0n) is 11.5. The van der Waals surface area contributed by atoms with E-state index >= 15 is 0 Å². The Kier molecular flexibility index (Phi) is 4.40. The Balaban J connectivity index is 2.05. The van der Waals surface area contributed by atoms with E-state index in [2.05, 4.69) is 17.6 Å². The minimum atomic E-state index is -0.405.